The van der Waals surface area contributed by atoms with Gasteiger partial charge in [-0.2, -0.15) is 4.99 Å². The van der Waals surface area contributed by atoms with Crippen LogP contribution in [0.5, 0.6) is 5.75 Å². The summed E-state index contributed by atoms with van der Waals surface area (Å²) in [5.74, 6) is 0.199. The highest BCUT2D eigenvalue weighted by Gasteiger charge is 2.31. The van der Waals surface area contributed by atoms with E-state index in [-0.39, 0.29) is 11.8 Å². The van der Waals surface area contributed by atoms with Crippen molar-refractivity contribution in [3.05, 3.63) is 106 Å². The van der Waals surface area contributed by atoms with E-state index in [4.69, 9.17) is 0 Å². The molecule has 5 rings (SSSR count). The van der Waals surface area contributed by atoms with Crippen molar-refractivity contribution in [1.29, 1.82) is 0 Å². The summed E-state index contributed by atoms with van der Waals surface area (Å²) in [4.78, 5) is 22.1. The van der Waals surface area contributed by atoms with Crippen LogP contribution >= 0.6 is 11.3 Å². The maximum absolute atomic E-state index is 12.7. The molecule has 0 radical (unpaired) electrons. The summed E-state index contributed by atoms with van der Waals surface area (Å²) >= 11 is 1.46. The molecule has 1 N–H and O–H groups in total. The van der Waals surface area contributed by atoms with Crippen LogP contribution in [0, 0.1) is 13.8 Å². The van der Waals surface area contributed by atoms with Crippen molar-refractivity contribution in [2.24, 2.45) is 4.99 Å². The highest BCUT2D eigenvalue weighted by molar-refractivity contribution is 7.07. The average molecular weight is 649 g/mol. The second-order valence-corrected chi connectivity index (χ2v) is 11.8. The van der Waals surface area contributed by atoms with Gasteiger partial charge in [0.1, 0.15) is 12.1 Å². The highest BCUT2D eigenvalue weighted by atomic mass is 32.1. The SMILES string of the molecule is CCCc1ccc(C)cc1-n1c(C)cs/c1=N\C(=O)NCCCCc1ccc(-c2ncn(-c3ccc(OC(F)(F)F)cc3)n2)cc1. The first-order valence-electron chi connectivity index (χ1n) is 15.1. The second kappa shape index (κ2) is 14.6. The molecule has 3 aromatic carbocycles. The number of nitrogens with zero attached hydrogens (tertiary/aromatic N) is 5. The van der Waals surface area contributed by atoms with E-state index in [1.807, 2.05) is 36.6 Å². The number of rotatable bonds is 11. The van der Waals surface area contributed by atoms with E-state index in [0.29, 0.717) is 22.9 Å². The maximum atomic E-state index is 12.7. The van der Waals surface area contributed by atoms with E-state index < -0.39 is 6.36 Å². The quantitative estimate of drug-likeness (QED) is 0.148. The third-order valence-electron chi connectivity index (χ3n) is 7.28. The third-order valence-corrected chi connectivity index (χ3v) is 8.23. The third kappa shape index (κ3) is 8.51. The van der Waals surface area contributed by atoms with Crippen molar-refractivity contribution in [3.63, 3.8) is 0 Å². The fourth-order valence-electron chi connectivity index (χ4n) is 5.04. The predicted molar refractivity (Wildman–Crippen MR) is 172 cm³/mol. The normalized spacial score (nSPS) is 12.0. The topological polar surface area (TPSA) is 86.3 Å². The van der Waals surface area contributed by atoms with Crippen molar-refractivity contribution >= 4 is 17.4 Å². The molecule has 46 heavy (non-hydrogen) atoms. The van der Waals surface area contributed by atoms with E-state index in [1.54, 1.807) is 0 Å². The Bertz CT molecular complexity index is 1840. The summed E-state index contributed by atoms with van der Waals surface area (Å²) in [5, 5.41) is 9.40. The van der Waals surface area contributed by atoms with Gasteiger partial charge < -0.3 is 10.1 Å². The molecule has 0 atom stereocenters. The van der Waals surface area contributed by atoms with Gasteiger partial charge in [0.15, 0.2) is 10.6 Å². The number of aryl methyl sites for hydroxylation is 4. The minimum Gasteiger partial charge on any atom is -0.406 e. The zero-order valence-corrected chi connectivity index (χ0v) is 26.7. The molecular formula is C34H35F3N6O2S. The predicted octanol–water partition coefficient (Wildman–Crippen LogP) is 7.89. The van der Waals surface area contributed by atoms with Crippen molar-refractivity contribution in [2.45, 2.75) is 59.2 Å². The van der Waals surface area contributed by atoms with Gasteiger partial charge in [0, 0.05) is 23.2 Å². The first-order chi connectivity index (χ1) is 22.1. The second-order valence-electron chi connectivity index (χ2n) is 10.9. The fourth-order valence-corrected chi connectivity index (χ4v) is 5.91. The summed E-state index contributed by atoms with van der Waals surface area (Å²) < 4.78 is 44.7. The Labute approximate surface area is 269 Å². The van der Waals surface area contributed by atoms with Crippen LogP contribution < -0.4 is 14.9 Å². The van der Waals surface area contributed by atoms with E-state index >= 15 is 0 Å². The van der Waals surface area contributed by atoms with Gasteiger partial charge in [-0.3, -0.25) is 4.57 Å². The number of amides is 2. The molecular weight excluding hydrogens is 613 g/mol. The summed E-state index contributed by atoms with van der Waals surface area (Å²) in [6.45, 7) is 6.79. The lowest BCUT2D eigenvalue weighted by Gasteiger charge is -2.13. The number of ether oxygens (including phenoxy) is 1. The summed E-state index contributed by atoms with van der Waals surface area (Å²) in [5.41, 5.74) is 7.05. The van der Waals surface area contributed by atoms with Crippen LogP contribution in [0.1, 0.15) is 48.6 Å². The van der Waals surface area contributed by atoms with Gasteiger partial charge in [0.05, 0.1) is 11.4 Å². The molecule has 0 aliphatic carbocycles. The Balaban J connectivity index is 1.11. The smallest absolute Gasteiger partial charge is 0.406 e. The Morgan fingerprint density at radius 1 is 1.00 bits per heavy atom. The first kappa shape index (κ1) is 32.7. The molecule has 0 saturated heterocycles. The molecule has 8 nitrogen and oxygen atoms in total. The minimum absolute atomic E-state index is 0.301. The number of urea groups is 1. The number of carbonyl (C=O) groups is 1. The average Bonchev–Trinajstić information content (AvgIpc) is 3.65. The molecule has 0 bridgehead atoms. The van der Waals surface area contributed by atoms with Gasteiger partial charge in [0.25, 0.3) is 0 Å². The molecule has 240 valence electrons. The lowest BCUT2D eigenvalue weighted by molar-refractivity contribution is -0.274. The largest absolute Gasteiger partial charge is 0.573 e. The Morgan fingerprint density at radius 2 is 1.76 bits per heavy atom. The van der Waals surface area contributed by atoms with E-state index in [1.165, 1.54) is 52.2 Å². The van der Waals surface area contributed by atoms with Crippen molar-refractivity contribution < 1.29 is 22.7 Å². The standard InChI is InChI=1S/C34H35F3N6O2S/c1-4-7-26-12-9-23(2)20-30(26)43-24(3)21-46-33(43)40-32(44)38-19-6-5-8-25-10-13-27(14-11-25)31-39-22-42(41-31)28-15-17-29(18-16-28)45-34(35,36)37/h9-18,20-22H,4-8,19H2,1-3H3,(H,38,44)/b40-33-. The zero-order valence-electron chi connectivity index (χ0n) is 25.8. The maximum Gasteiger partial charge on any atom is 0.573 e. The number of halogens is 3. The highest BCUT2D eigenvalue weighted by Crippen LogP contribution is 2.24. The van der Waals surface area contributed by atoms with Crippen LogP contribution in [0.3, 0.4) is 0 Å². The number of hydrogen-bond acceptors (Lipinski definition) is 5. The van der Waals surface area contributed by atoms with Crippen LogP contribution in [0.25, 0.3) is 22.8 Å². The Morgan fingerprint density at radius 3 is 2.48 bits per heavy atom. The number of alkyl halides is 3. The van der Waals surface area contributed by atoms with Crippen molar-refractivity contribution in [3.8, 4) is 28.5 Å². The zero-order chi connectivity index (χ0) is 32.7. The molecule has 0 spiro atoms. The number of unbranched alkanes of at least 4 members (excludes halogenated alkanes) is 1. The number of aromatic nitrogens is 4. The first-order valence-corrected chi connectivity index (χ1v) is 15.9. The van der Waals surface area contributed by atoms with Crippen LogP contribution in [0.15, 0.2) is 83.4 Å². The molecule has 0 saturated carbocycles. The van der Waals surface area contributed by atoms with Crippen LogP contribution in [-0.4, -0.2) is 38.3 Å². The van der Waals surface area contributed by atoms with E-state index in [9.17, 15) is 18.0 Å². The fraction of sp³-hybridized carbons (Fsp3) is 0.294. The monoisotopic (exact) mass is 648 g/mol. The minimum atomic E-state index is -4.74. The van der Waals surface area contributed by atoms with Gasteiger partial charge in [-0.05, 0) is 86.6 Å². The summed E-state index contributed by atoms with van der Waals surface area (Å²) in [6.07, 6.45) is 1.31. The van der Waals surface area contributed by atoms with Gasteiger partial charge in [-0.15, -0.1) is 29.6 Å². The number of nitrogens with one attached hydrogen (secondary N) is 1. The number of hydrogen-bond donors (Lipinski definition) is 1. The molecule has 12 heteroatoms. The number of benzene rings is 3. The molecule has 2 aromatic heterocycles. The molecule has 0 unspecified atom stereocenters. The number of thiazole rings is 1. The van der Waals surface area contributed by atoms with E-state index in [0.717, 1.165) is 60.2 Å². The van der Waals surface area contributed by atoms with Gasteiger partial charge in [0.2, 0.25) is 0 Å². The molecule has 0 fully saturated rings. The van der Waals surface area contributed by atoms with Gasteiger partial charge >= 0.3 is 12.4 Å². The Kier molecular flexibility index (Phi) is 10.4. The molecule has 0 aliphatic rings. The number of carbonyl (C=O) groups excluding carboxylic acids is 1. The molecule has 5 aromatic rings. The van der Waals surface area contributed by atoms with Crippen LogP contribution in [-0.2, 0) is 12.8 Å². The molecule has 2 heterocycles. The lowest BCUT2D eigenvalue weighted by Crippen LogP contribution is -2.25. The van der Waals surface area contributed by atoms with Crippen LogP contribution in [0.4, 0.5) is 18.0 Å². The summed E-state index contributed by atoms with van der Waals surface area (Å²) in [7, 11) is 0. The van der Waals surface area contributed by atoms with Gasteiger partial charge in [-0.25, -0.2) is 14.5 Å². The lowest BCUT2D eigenvalue weighted by atomic mass is 10.1. The van der Waals surface area contributed by atoms with Crippen LogP contribution in [0.2, 0.25) is 0 Å². The van der Waals surface area contributed by atoms with Crippen molar-refractivity contribution in [1.82, 2.24) is 24.6 Å². The van der Waals surface area contributed by atoms with Crippen molar-refractivity contribution in [2.75, 3.05) is 6.54 Å². The Hall–Kier alpha value is -4.71. The van der Waals surface area contributed by atoms with Gasteiger partial charge in [-0.1, -0.05) is 49.7 Å². The van der Waals surface area contributed by atoms with E-state index in [2.05, 4.69) is 61.7 Å². The molecule has 0 aliphatic heterocycles. The summed E-state index contributed by atoms with van der Waals surface area (Å²) in [6, 6.07) is 19.4. The molecule has 2 amide bonds.